The lowest BCUT2D eigenvalue weighted by Gasteiger charge is -2.43. The molecule has 0 bridgehead atoms. The SMILES string of the molecule is COc1ccc(-n2ccc(C(=O)NC3CCOC4(CCOCC4)C3)n2)cc1. The average Bonchev–Trinajstić information content (AvgIpc) is 3.19. The third-order valence-corrected chi connectivity index (χ3v) is 5.39. The van der Waals surface area contributed by atoms with Crippen LogP contribution in [0.4, 0.5) is 0 Å². The quantitative estimate of drug-likeness (QED) is 0.893. The molecular formula is C20H25N3O4. The Bertz CT molecular complexity index is 775. The van der Waals surface area contributed by atoms with E-state index in [1.807, 2.05) is 24.3 Å². The predicted molar refractivity (Wildman–Crippen MR) is 99.3 cm³/mol. The van der Waals surface area contributed by atoms with E-state index in [2.05, 4.69) is 10.4 Å². The van der Waals surface area contributed by atoms with Crippen LogP contribution in [-0.2, 0) is 9.47 Å². The van der Waals surface area contributed by atoms with Crippen LogP contribution in [0.1, 0.15) is 36.2 Å². The molecule has 2 aliphatic heterocycles. The van der Waals surface area contributed by atoms with Gasteiger partial charge in [-0.25, -0.2) is 4.68 Å². The maximum absolute atomic E-state index is 12.7. The number of hydrogen-bond donors (Lipinski definition) is 1. The Hall–Kier alpha value is -2.38. The number of nitrogens with zero attached hydrogens (tertiary/aromatic N) is 2. The molecule has 2 fully saturated rings. The number of amides is 1. The highest BCUT2D eigenvalue weighted by Gasteiger charge is 2.39. The Morgan fingerprint density at radius 1 is 1.22 bits per heavy atom. The number of methoxy groups -OCH3 is 1. The number of hydrogen-bond acceptors (Lipinski definition) is 5. The first-order valence-corrected chi connectivity index (χ1v) is 9.40. The number of benzene rings is 1. The standard InChI is InChI=1S/C20H25N3O4/c1-25-17-4-2-16(3-5-17)23-10-6-18(22-23)19(24)21-15-7-11-27-20(14-15)8-12-26-13-9-20/h2-6,10,15H,7-9,11-14H2,1H3,(H,21,24). The molecule has 1 N–H and O–H groups in total. The summed E-state index contributed by atoms with van der Waals surface area (Å²) in [5, 5.41) is 7.55. The normalized spacial score (nSPS) is 21.7. The summed E-state index contributed by atoms with van der Waals surface area (Å²) in [7, 11) is 1.63. The highest BCUT2D eigenvalue weighted by Crippen LogP contribution is 2.34. The summed E-state index contributed by atoms with van der Waals surface area (Å²) in [6, 6.07) is 9.39. The van der Waals surface area contributed by atoms with Crippen LogP contribution in [0, 0.1) is 0 Å². The molecule has 0 radical (unpaired) electrons. The highest BCUT2D eigenvalue weighted by molar-refractivity contribution is 5.92. The van der Waals surface area contributed by atoms with Gasteiger partial charge in [0.05, 0.1) is 18.4 Å². The molecule has 2 aliphatic rings. The lowest BCUT2D eigenvalue weighted by Crippen LogP contribution is -2.51. The molecular weight excluding hydrogens is 346 g/mol. The fourth-order valence-electron chi connectivity index (χ4n) is 3.83. The maximum atomic E-state index is 12.7. The van der Waals surface area contributed by atoms with Crippen LogP contribution in [-0.4, -0.2) is 54.3 Å². The second kappa shape index (κ2) is 7.70. The molecule has 2 aromatic rings. The van der Waals surface area contributed by atoms with Crippen LogP contribution in [0.3, 0.4) is 0 Å². The van der Waals surface area contributed by atoms with Crippen LogP contribution in [0.25, 0.3) is 5.69 Å². The van der Waals surface area contributed by atoms with Gasteiger partial charge in [0.1, 0.15) is 5.75 Å². The minimum absolute atomic E-state index is 0.107. The minimum Gasteiger partial charge on any atom is -0.497 e. The molecule has 2 saturated heterocycles. The van der Waals surface area contributed by atoms with Crippen molar-refractivity contribution in [3.63, 3.8) is 0 Å². The average molecular weight is 371 g/mol. The number of carbonyl (C=O) groups excluding carboxylic acids is 1. The third-order valence-electron chi connectivity index (χ3n) is 5.39. The van der Waals surface area contributed by atoms with Gasteiger partial charge in [-0.2, -0.15) is 5.10 Å². The first-order chi connectivity index (χ1) is 13.2. The Morgan fingerprint density at radius 2 is 2.00 bits per heavy atom. The van der Waals surface area contributed by atoms with Crippen LogP contribution in [0.5, 0.6) is 5.75 Å². The molecule has 1 amide bonds. The van der Waals surface area contributed by atoms with Gasteiger partial charge in [-0.3, -0.25) is 4.79 Å². The molecule has 4 rings (SSSR count). The van der Waals surface area contributed by atoms with Crippen molar-refractivity contribution >= 4 is 5.91 Å². The first-order valence-electron chi connectivity index (χ1n) is 9.40. The van der Waals surface area contributed by atoms with Crippen LogP contribution in [0.2, 0.25) is 0 Å². The van der Waals surface area contributed by atoms with Gasteiger partial charge in [-0.1, -0.05) is 0 Å². The van der Waals surface area contributed by atoms with E-state index in [4.69, 9.17) is 14.2 Å². The fourth-order valence-corrected chi connectivity index (χ4v) is 3.83. The summed E-state index contributed by atoms with van der Waals surface area (Å²) in [6.07, 6.45) is 5.24. The number of nitrogens with one attached hydrogen (secondary N) is 1. The van der Waals surface area contributed by atoms with Gasteiger partial charge >= 0.3 is 0 Å². The van der Waals surface area contributed by atoms with E-state index in [1.165, 1.54) is 0 Å². The monoisotopic (exact) mass is 371 g/mol. The number of rotatable bonds is 4. The van der Waals surface area contributed by atoms with Crippen LogP contribution < -0.4 is 10.1 Å². The van der Waals surface area contributed by atoms with Gasteiger partial charge in [0.25, 0.3) is 5.91 Å². The van der Waals surface area contributed by atoms with Gasteiger partial charge in [-0.15, -0.1) is 0 Å². The van der Waals surface area contributed by atoms with Gasteiger partial charge in [0.2, 0.25) is 0 Å². The molecule has 1 aromatic heterocycles. The van der Waals surface area contributed by atoms with Crippen molar-refractivity contribution in [2.24, 2.45) is 0 Å². The summed E-state index contributed by atoms with van der Waals surface area (Å²) in [5.74, 6) is 0.641. The molecule has 144 valence electrons. The van der Waals surface area contributed by atoms with Crippen LogP contribution in [0.15, 0.2) is 36.5 Å². The van der Waals surface area contributed by atoms with Crippen molar-refractivity contribution in [2.75, 3.05) is 26.9 Å². The van der Waals surface area contributed by atoms with Crippen molar-refractivity contribution in [3.8, 4) is 11.4 Å². The smallest absolute Gasteiger partial charge is 0.272 e. The van der Waals surface area contributed by atoms with E-state index in [0.717, 1.165) is 50.3 Å². The molecule has 1 spiro atoms. The fraction of sp³-hybridized carbons (Fsp3) is 0.500. The minimum atomic E-state index is -0.142. The zero-order valence-corrected chi connectivity index (χ0v) is 15.5. The van der Waals surface area contributed by atoms with Gasteiger partial charge in [0.15, 0.2) is 5.69 Å². The van der Waals surface area contributed by atoms with E-state index in [9.17, 15) is 4.79 Å². The Morgan fingerprint density at radius 3 is 2.74 bits per heavy atom. The highest BCUT2D eigenvalue weighted by atomic mass is 16.5. The summed E-state index contributed by atoms with van der Waals surface area (Å²) >= 11 is 0. The van der Waals surface area contributed by atoms with Gasteiger partial charge in [-0.05, 0) is 56.0 Å². The molecule has 0 saturated carbocycles. The van der Waals surface area contributed by atoms with Crippen molar-refractivity contribution in [2.45, 2.75) is 37.3 Å². The van der Waals surface area contributed by atoms with E-state index >= 15 is 0 Å². The summed E-state index contributed by atoms with van der Waals surface area (Å²) in [5.41, 5.74) is 1.15. The van der Waals surface area contributed by atoms with Crippen molar-refractivity contribution < 1.29 is 19.0 Å². The van der Waals surface area contributed by atoms with Gasteiger partial charge < -0.3 is 19.5 Å². The lowest BCUT2D eigenvalue weighted by molar-refractivity contribution is -0.139. The largest absolute Gasteiger partial charge is 0.497 e. The van der Waals surface area contributed by atoms with E-state index in [0.29, 0.717) is 12.3 Å². The summed E-state index contributed by atoms with van der Waals surface area (Å²) in [4.78, 5) is 12.7. The molecule has 3 heterocycles. The Kier molecular flexibility index (Phi) is 5.13. The Balaban J connectivity index is 1.40. The van der Waals surface area contributed by atoms with Gasteiger partial charge in [0, 0.05) is 32.1 Å². The van der Waals surface area contributed by atoms with Crippen LogP contribution >= 0.6 is 0 Å². The third kappa shape index (κ3) is 3.99. The van der Waals surface area contributed by atoms with Crippen molar-refractivity contribution in [1.82, 2.24) is 15.1 Å². The molecule has 7 nitrogen and oxygen atoms in total. The summed E-state index contributed by atoms with van der Waals surface area (Å²) in [6.45, 7) is 2.13. The second-order valence-corrected chi connectivity index (χ2v) is 7.15. The Labute approximate surface area is 158 Å². The number of carbonyl (C=O) groups is 1. The number of aromatic nitrogens is 2. The molecule has 27 heavy (non-hydrogen) atoms. The van der Waals surface area contributed by atoms with E-state index in [1.54, 1.807) is 24.1 Å². The molecule has 1 unspecified atom stereocenters. The van der Waals surface area contributed by atoms with E-state index < -0.39 is 0 Å². The molecule has 1 atom stereocenters. The topological polar surface area (TPSA) is 74.6 Å². The van der Waals surface area contributed by atoms with Crippen molar-refractivity contribution in [1.29, 1.82) is 0 Å². The molecule has 7 heteroatoms. The predicted octanol–water partition coefficient (Wildman–Crippen LogP) is 2.34. The zero-order chi connectivity index (χ0) is 18.7. The first kappa shape index (κ1) is 18.0. The summed E-state index contributed by atoms with van der Waals surface area (Å²) < 4.78 is 18.4. The number of ether oxygens (including phenoxy) is 3. The van der Waals surface area contributed by atoms with E-state index in [-0.39, 0.29) is 17.6 Å². The maximum Gasteiger partial charge on any atom is 0.272 e. The zero-order valence-electron chi connectivity index (χ0n) is 15.5. The van der Waals surface area contributed by atoms with Crippen molar-refractivity contribution in [3.05, 3.63) is 42.2 Å². The second-order valence-electron chi connectivity index (χ2n) is 7.15. The molecule has 0 aliphatic carbocycles. The molecule has 1 aromatic carbocycles. The lowest BCUT2D eigenvalue weighted by atomic mass is 9.84.